The molecule has 0 spiro atoms. The van der Waals surface area contributed by atoms with Gasteiger partial charge in [-0.15, -0.1) is 24.8 Å². The summed E-state index contributed by atoms with van der Waals surface area (Å²) in [6.07, 6.45) is 1.07. The zero-order valence-corrected chi connectivity index (χ0v) is 11.0. The van der Waals surface area contributed by atoms with Crippen LogP contribution in [-0.4, -0.2) is 20.8 Å². The van der Waals surface area contributed by atoms with E-state index in [1.165, 1.54) is 11.1 Å². The van der Waals surface area contributed by atoms with Crippen LogP contribution in [0.5, 0.6) is 11.5 Å². The Balaban J connectivity index is 0.00000112. The molecular formula is C11H17Cl2NO2. The molecule has 1 N–H and O–H groups in total. The van der Waals surface area contributed by atoms with E-state index in [-0.39, 0.29) is 24.8 Å². The van der Waals surface area contributed by atoms with E-state index >= 15 is 0 Å². The van der Waals surface area contributed by atoms with Crippen molar-refractivity contribution in [2.75, 3.05) is 20.8 Å². The third-order valence-corrected chi connectivity index (χ3v) is 2.59. The van der Waals surface area contributed by atoms with Gasteiger partial charge in [-0.1, -0.05) is 0 Å². The van der Waals surface area contributed by atoms with Crippen molar-refractivity contribution >= 4 is 24.8 Å². The van der Waals surface area contributed by atoms with Gasteiger partial charge in [0.1, 0.15) is 0 Å². The molecule has 0 saturated heterocycles. The SMILES string of the molecule is COc1cc2c(cc1OC)CNCC2.Cl.Cl. The summed E-state index contributed by atoms with van der Waals surface area (Å²) in [6, 6.07) is 4.13. The number of hydrogen-bond donors (Lipinski definition) is 1. The van der Waals surface area contributed by atoms with Gasteiger partial charge in [0.15, 0.2) is 11.5 Å². The average Bonchev–Trinajstić information content (AvgIpc) is 2.27. The molecule has 0 saturated carbocycles. The van der Waals surface area contributed by atoms with Crippen LogP contribution >= 0.6 is 24.8 Å². The molecule has 1 aliphatic heterocycles. The molecule has 1 aromatic carbocycles. The van der Waals surface area contributed by atoms with E-state index < -0.39 is 0 Å². The van der Waals surface area contributed by atoms with Gasteiger partial charge in [-0.25, -0.2) is 0 Å². The van der Waals surface area contributed by atoms with E-state index in [0.29, 0.717) is 0 Å². The van der Waals surface area contributed by atoms with Crippen LogP contribution in [0.1, 0.15) is 11.1 Å². The summed E-state index contributed by atoms with van der Waals surface area (Å²) < 4.78 is 10.5. The second-order valence-corrected chi connectivity index (χ2v) is 3.40. The van der Waals surface area contributed by atoms with Crippen LogP contribution < -0.4 is 14.8 Å². The van der Waals surface area contributed by atoms with Crippen molar-refractivity contribution in [1.29, 1.82) is 0 Å². The average molecular weight is 266 g/mol. The summed E-state index contributed by atoms with van der Waals surface area (Å²) in [4.78, 5) is 0. The molecule has 0 bridgehead atoms. The van der Waals surface area contributed by atoms with E-state index in [1.54, 1.807) is 14.2 Å². The van der Waals surface area contributed by atoms with Gasteiger partial charge in [0.05, 0.1) is 14.2 Å². The maximum absolute atomic E-state index is 5.26. The van der Waals surface area contributed by atoms with Crippen molar-refractivity contribution < 1.29 is 9.47 Å². The second kappa shape index (κ2) is 6.84. The Morgan fingerprint density at radius 3 is 2.12 bits per heavy atom. The topological polar surface area (TPSA) is 30.5 Å². The summed E-state index contributed by atoms with van der Waals surface area (Å²) in [7, 11) is 3.34. The molecule has 1 aromatic rings. The van der Waals surface area contributed by atoms with E-state index in [1.807, 2.05) is 0 Å². The number of fused-ring (bicyclic) bond motifs is 1. The first-order chi connectivity index (χ1) is 6.85. The van der Waals surface area contributed by atoms with E-state index in [0.717, 1.165) is 31.0 Å². The van der Waals surface area contributed by atoms with Crippen molar-refractivity contribution in [2.45, 2.75) is 13.0 Å². The summed E-state index contributed by atoms with van der Waals surface area (Å²) in [6.45, 7) is 1.97. The van der Waals surface area contributed by atoms with Crippen molar-refractivity contribution in [1.82, 2.24) is 5.32 Å². The molecule has 0 aromatic heterocycles. The van der Waals surface area contributed by atoms with Gasteiger partial charge in [0, 0.05) is 6.54 Å². The summed E-state index contributed by atoms with van der Waals surface area (Å²) >= 11 is 0. The van der Waals surface area contributed by atoms with Crippen LogP contribution in [0.25, 0.3) is 0 Å². The molecule has 16 heavy (non-hydrogen) atoms. The van der Waals surface area contributed by atoms with Crippen molar-refractivity contribution in [3.8, 4) is 11.5 Å². The van der Waals surface area contributed by atoms with Crippen LogP contribution in [-0.2, 0) is 13.0 Å². The first kappa shape index (κ1) is 15.4. The number of nitrogens with one attached hydrogen (secondary N) is 1. The van der Waals surface area contributed by atoms with Gasteiger partial charge in [0.25, 0.3) is 0 Å². The van der Waals surface area contributed by atoms with Crippen molar-refractivity contribution in [3.63, 3.8) is 0 Å². The maximum Gasteiger partial charge on any atom is 0.161 e. The van der Waals surface area contributed by atoms with Crippen LogP contribution in [0.3, 0.4) is 0 Å². The fourth-order valence-corrected chi connectivity index (χ4v) is 1.81. The van der Waals surface area contributed by atoms with E-state index in [4.69, 9.17) is 9.47 Å². The molecule has 0 radical (unpaired) electrons. The standard InChI is InChI=1S/C11H15NO2.2ClH/c1-13-10-5-8-3-4-12-7-9(8)6-11(10)14-2;;/h5-6,12H,3-4,7H2,1-2H3;2*1H. The molecule has 2 rings (SSSR count). The lowest BCUT2D eigenvalue weighted by Crippen LogP contribution is -2.23. The highest BCUT2D eigenvalue weighted by atomic mass is 35.5. The Bertz CT molecular complexity index is 301. The molecule has 0 atom stereocenters. The Hall–Kier alpha value is -0.640. The van der Waals surface area contributed by atoms with E-state index in [2.05, 4.69) is 17.4 Å². The highest BCUT2D eigenvalue weighted by Gasteiger charge is 2.13. The lowest BCUT2D eigenvalue weighted by Gasteiger charge is -2.19. The van der Waals surface area contributed by atoms with Gasteiger partial charge < -0.3 is 14.8 Å². The van der Waals surface area contributed by atoms with E-state index in [9.17, 15) is 0 Å². The minimum atomic E-state index is 0. The quantitative estimate of drug-likeness (QED) is 0.890. The van der Waals surface area contributed by atoms with Crippen LogP contribution in [0, 0.1) is 0 Å². The molecule has 1 heterocycles. The zero-order chi connectivity index (χ0) is 9.97. The maximum atomic E-state index is 5.26. The monoisotopic (exact) mass is 265 g/mol. The Labute approximate surface area is 108 Å². The third kappa shape index (κ3) is 2.94. The number of hydrogen-bond acceptors (Lipinski definition) is 3. The largest absolute Gasteiger partial charge is 0.493 e. The lowest BCUT2D eigenvalue weighted by molar-refractivity contribution is 0.353. The molecule has 0 aliphatic carbocycles. The Kier molecular flexibility index (Phi) is 6.56. The molecule has 5 heteroatoms. The summed E-state index contributed by atoms with van der Waals surface area (Å²) in [5, 5.41) is 3.33. The van der Waals surface area contributed by atoms with Crippen molar-refractivity contribution in [2.24, 2.45) is 0 Å². The molecule has 0 amide bonds. The van der Waals surface area contributed by atoms with Crippen LogP contribution in [0.4, 0.5) is 0 Å². The van der Waals surface area contributed by atoms with Gasteiger partial charge in [-0.2, -0.15) is 0 Å². The van der Waals surface area contributed by atoms with Gasteiger partial charge in [-0.05, 0) is 36.2 Å². The highest BCUT2D eigenvalue weighted by molar-refractivity contribution is 5.85. The highest BCUT2D eigenvalue weighted by Crippen LogP contribution is 2.31. The first-order valence-electron chi connectivity index (χ1n) is 4.79. The number of benzene rings is 1. The van der Waals surface area contributed by atoms with Gasteiger partial charge in [0.2, 0.25) is 0 Å². The normalized spacial score (nSPS) is 12.9. The molecule has 0 fully saturated rings. The van der Waals surface area contributed by atoms with Gasteiger partial charge >= 0.3 is 0 Å². The minimum absolute atomic E-state index is 0. The molecular weight excluding hydrogens is 249 g/mol. The summed E-state index contributed by atoms with van der Waals surface area (Å²) in [5.74, 6) is 1.64. The number of methoxy groups -OCH3 is 2. The lowest BCUT2D eigenvalue weighted by atomic mass is 10.0. The molecule has 92 valence electrons. The molecule has 3 nitrogen and oxygen atoms in total. The van der Waals surface area contributed by atoms with Crippen molar-refractivity contribution in [3.05, 3.63) is 23.3 Å². The van der Waals surface area contributed by atoms with Crippen LogP contribution in [0.2, 0.25) is 0 Å². The molecule has 1 aliphatic rings. The van der Waals surface area contributed by atoms with Gasteiger partial charge in [-0.3, -0.25) is 0 Å². The first-order valence-corrected chi connectivity index (χ1v) is 4.79. The third-order valence-electron chi connectivity index (χ3n) is 2.59. The second-order valence-electron chi connectivity index (χ2n) is 3.40. The Morgan fingerprint density at radius 2 is 1.56 bits per heavy atom. The fourth-order valence-electron chi connectivity index (χ4n) is 1.81. The zero-order valence-electron chi connectivity index (χ0n) is 9.41. The Morgan fingerprint density at radius 1 is 1.00 bits per heavy atom. The predicted molar refractivity (Wildman–Crippen MR) is 69.5 cm³/mol. The smallest absolute Gasteiger partial charge is 0.161 e. The summed E-state index contributed by atoms with van der Waals surface area (Å²) in [5.41, 5.74) is 2.68. The predicted octanol–water partition coefficient (Wildman–Crippen LogP) is 2.19. The molecule has 0 unspecified atom stereocenters. The number of halogens is 2. The minimum Gasteiger partial charge on any atom is -0.493 e. The number of ether oxygens (including phenoxy) is 2. The van der Waals surface area contributed by atoms with Crippen LogP contribution in [0.15, 0.2) is 12.1 Å². The fraction of sp³-hybridized carbons (Fsp3) is 0.455. The number of rotatable bonds is 2.